The maximum atomic E-state index is 13.5. The second kappa shape index (κ2) is 6.69. The zero-order valence-electron chi connectivity index (χ0n) is 18.3. The summed E-state index contributed by atoms with van der Waals surface area (Å²) in [4.78, 5) is 54.3. The van der Waals surface area contributed by atoms with Gasteiger partial charge in [-0.2, -0.15) is 0 Å². The summed E-state index contributed by atoms with van der Waals surface area (Å²) in [5.74, 6) is -2.33. The van der Waals surface area contributed by atoms with Crippen LogP contribution in [0.3, 0.4) is 0 Å². The fourth-order valence-corrected chi connectivity index (χ4v) is 7.35. The Morgan fingerprint density at radius 3 is 2.61 bits per heavy atom. The zero-order chi connectivity index (χ0) is 23.2. The Labute approximate surface area is 189 Å². The summed E-state index contributed by atoms with van der Waals surface area (Å²) in [6.07, 6.45) is 0.279. The molecule has 1 aromatic carbocycles. The molecule has 4 fully saturated rings. The van der Waals surface area contributed by atoms with Gasteiger partial charge in [0.2, 0.25) is 11.7 Å². The van der Waals surface area contributed by atoms with Crippen LogP contribution in [0, 0.1) is 11.8 Å². The minimum absolute atomic E-state index is 0.0509. The number of hydrogen-bond acceptors (Lipinski definition) is 7. The first-order valence-electron chi connectivity index (χ1n) is 11.1. The third kappa shape index (κ3) is 2.36. The van der Waals surface area contributed by atoms with E-state index in [2.05, 4.69) is 0 Å². The molecule has 33 heavy (non-hydrogen) atoms. The highest BCUT2D eigenvalue weighted by Gasteiger charge is 2.73. The average Bonchev–Trinajstić information content (AvgIpc) is 3.34. The van der Waals surface area contributed by atoms with Crippen molar-refractivity contribution in [2.75, 3.05) is 32.3 Å². The molecule has 6 atom stereocenters. The molecule has 0 radical (unpaired) electrons. The number of Topliss-reactive ketones (excluding diaryl/α,β-unsaturated/α-hetero) is 1. The largest absolute Gasteiger partial charge is 0.493 e. The van der Waals surface area contributed by atoms with Crippen LogP contribution in [0.4, 0.5) is 5.69 Å². The minimum Gasteiger partial charge on any atom is -0.493 e. The first kappa shape index (κ1) is 20.5. The number of nitrogens with zero attached hydrogens (tertiary/aromatic N) is 2. The lowest BCUT2D eigenvalue weighted by Gasteiger charge is -2.57. The van der Waals surface area contributed by atoms with Crippen LogP contribution in [-0.4, -0.2) is 79.1 Å². The van der Waals surface area contributed by atoms with Gasteiger partial charge in [-0.25, -0.2) is 4.79 Å². The van der Waals surface area contributed by atoms with Gasteiger partial charge >= 0.3 is 5.97 Å². The molecule has 1 aromatic rings. The molecule has 2 amide bonds. The Balaban J connectivity index is 1.58. The molecule has 6 rings (SSSR count). The van der Waals surface area contributed by atoms with Gasteiger partial charge in [0, 0.05) is 35.9 Å². The second-order valence-electron chi connectivity index (χ2n) is 9.47. The summed E-state index contributed by atoms with van der Waals surface area (Å²) in [6.45, 7) is -0.130. The first-order chi connectivity index (χ1) is 15.8. The molecule has 174 valence electrons. The Kier molecular flexibility index (Phi) is 4.15. The van der Waals surface area contributed by atoms with Gasteiger partial charge in [0.15, 0.2) is 11.5 Å². The van der Waals surface area contributed by atoms with Crippen molar-refractivity contribution in [3.05, 3.63) is 17.7 Å². The maximum Gasteiger partial charge on any atom is 0.329 e. The highest BCUT2D eigenvalue weighted by atomic mass is 16.5. The van der Waals surface area contributed by atoms with Crippen LogP contribution in [0.25, 0.3) is 0 Å². The van der Waals surface area contributed by atoms with Gasteiger partial charge in [0.1, 0.15) is 6.61 Å². The molecule has 1 saturated carbocycles. The SMILES string of the molecule is COc1cc2c(cc1OC)[C@]13CCN4C(=O)C(=O)[C@@H](C[C@H]41)[C@@H]1[C@H](OCC(=O)O)CC(=O)N2[C@H]13. The van der Waals surface area contributed by atoms with E-state index in [0.29, 0.717) is 36.6 Å². The Morgan fingerprint density at radius 1 is 1.18 bits per heavy atom. The fraction of sp³-hybridized carbons (Fsp3) is 0.565. The Bertz CT molecular complexity index is 1120. The number of methoxy groups -OCH3 is 2. The van der Waals surface area contributed by atoms with Gasteiger partial charge < -0.3 is 29.1 Å². The van der Waals surface area contributed by atoms with Crippen LogP contribution >= 0.6 is 0 Å². The number of aliphatic carboxylic acids is 1. The maximum absolute atomic E-state index is 13.5. The molecule has 10 nitrogen and oxygen atoms in total. The van der Waals surface area contributed by atoms with Gasteiger partial charge in [-0.05, 0) is 24.5 Å². The lowest BCUT2D eigenvalue weighted by Crippen LogP contribution is -2.71. The zero-order valence-corrected chi connectivity index (χ0v) is 18.3. The number of carbonyl (C=O) groups excluding carboxylic acids is 3. The summed E-state index contributed by atoms with van der Waals surface area (Å²) in [5.41, 5.74) is 1.04. The van der Waals surface area contributed by atoms with Crippen molar-refractivity contribution in [1.29, 1.82) is 0 Å². The van der Waals surface area contributed by atoms with Crippen LogP contribution in [0.15, 0.2) is 12.1 Å². The quantitative estimate of drug-likeness (QED) is 0.630. The smallest absolute Gasteiger partial charge is 0.329 e. The van der Waals surface area contributed by atoms with Gasteiger partial charge in [0.05, 0.1) is 38.5 Å². The summed E-state index contributed by atoms with van der Waals surface area (Å²) in [6, 6.07) is 3.07. The third-order valence-corrected chi connectivity index (χ3v) is 8.42. The number of carboxylic acid groups (broad SMARTS) is 1. The Hall–Kier alpha value is -3.14. The topological polar surface area (TPSA) is 123 Å². The Morgan fingerprint density at radius 2 is 1.91 bits per heavy atom. The van der Waals surface area contributed by atoms with Crippen molar-refractivity contribution in [2.24, 2.45) is 11.8 Å². The molecule has 1 N–H and O–H groups in total. The normalized spacial score (nSPS) is 35.5. The number of benzene rings is 1. The molecule has 5 aliphatic rings. The van der Waals surface area contributed by atoms with Crippen LogP contribution < -0.4 is 14.4 Å². The standard InChI is InChI=1S/C23H24N2O8/c1-31-13-6-11-12(7-14(13)32-2)25-17(26)8-15(33-9-18(27)28)19-10-5-16-23(11,21(19)25)3-4-24(16)22(30)20(10)29/h6-7,10,15-16,19,21H,3-5,8-9H2,1-2H3,(H,27,28)/t10-,15+,16-,19+,21+,23+/m0/s1. The average molecular weight is 456 g/mol. The van der Waals surface area contributed by atoms with E-state index in [4.69, 9.17) is 14.2 Å². The van der Waals surface area contributed by atoms with E-state index in [0.717, 1.165) is 5.56 Å². The van der Waals surface area contributed by atoms with E-state index < -0.39 is 53.7 Å². The van der Waals surface area contributed by atoms with Crippen molar-refractivity contribution in [3.63, 3.8) is 0 Å². The molecule has 1 spiro atoms. The lowest BCUT2D eigenvalue weighted by molar-refractivity contribution is -0.166. The van der Waals surface area contributed by atoms with Crippen molar-refractivity contribution in [3.8, 4) is 11.5 Å². The predicted molar refractivity (Wildman–Crippen MR) is 111 cm³/mol. The molecule has 4 aliphatic heterocycles. The molecule has 1 aliphatic carbocycles. The molecular formula is C23H24N2O8. The number of rotatable bonds is 5. The predicted octanol–water partition coefficient (Wildman–Crippen LogP) is 0.350. The van der Waals surface area contributed by atoms with Gasteiger partial charge in [-0.3, -0.25) is 14.4 Å². The number of piperidine rings is 2. The molecule has 3 saturated heterocycles. The van der Waals surface area contributed by atoms with Gasteiger partial charge in [-0.1, -0.05) is 0 Å². The van der Waals surface area contributed by atoms with E-state index in [-0.39, 0.29) is 18.4 Å². The molecule has 0 aromatic heterocycles. The molecule has 10 heteroatoms. The number of anilines is 1. The number of amides is 2. The molecule has 4 heterocycles. The second-order valence-corrected chi connectivity index (χ2v) is 9.47. The summed E-state index contributed by atoms with van der Waals surface area (Å²) >= 11 is 0. The summed E-state index contributed by atoms with van der Waals surface area (Å²) < 4.78 is 16.8. The van der Waals surface area contributed by atoms with Gasteiger partial charge in [-0.15, -0.1) is 0 Å². The monoisotopic (exact) mass is 456 g/mol. The van der Waals surface area contributed by atoms with Crippen LogP contribution in [0.1, 0.15) is 24.8 Å². The van der Waals surface area contributed by atoms with E-state index in [1.54, 1.807) is 23.0 Å². The lowest BCUT2D eigenvalue weighted by atomic mass is 9.54. The first-order valence-corrected chi connectivity index (χ1v) is 11.1. The van der Waals surface area contributed by atoms with Crippen LogP contribution in [0.5, 0.6) is 11.5 Å². The van der Waals surface area contributed by atoms with E-state index in [9.17, 15) is 24.3 Å². The number of hydrogen-bond donors (Lipinski definition) is 1. The highest BCUT2D eigenvalue weighted by Crippen LogP contribution is 2.65. The molecule has 2 bridgehead atoms. The third-order valence-electron chi connectivity index (χ3n) is 8.42. The van der Waals surface area contributed by atoms with Crippen molar-refractivity contribution in [2.45, 2.75) is 42.9 Å². The van der Waals surface area contributed by atoms with E-state index in [1.807, 2.05) is 6.07 Å². The number of ketones is 1. The fourth-order valence-electron chi connectivity index (χ4n) is 7.35. The van der Waals surface area contributed by atoms with Crippen molar-refractivity contribution < 1.29 is 38.5 Å². The van der Waals surface area contributed by atoms with Crippen LogP contribution in [0.2, 0.25) is 0 Å². The highest BCUT2D eigenvalue weighted by molar-refractivity contribution is 6.38. The molecule has 0 unspecified atom stereocenters. The summed E-state index contributed by atoms with van der Waals surface area (Å²) in [7, 11) is 3.08. The number of fused-ring (bicyclic) bond motifs is 4. The summed E-state index contributed by atoms with van der Waals surface area (Å²) in [5, 5.41) is 9.18. The van der Waals surface area contributed by atoms with Crippen molar-refractivity contribution >= 4 is 29.3 Å². The van der Waals surface area contributed by atoms with Crippen LogP contribution in [-0.2, 0) is 29.3 Å². The molecular weight excluding hydrogens is 432 g/mol. The van der Waals surface area contributed by atoms with E-state index >= 15 is 0 Å². The van der Waals surface area contributed by atoms with E-state index in [1.165, 1.54) is 7.11 Å². The minimum atomic E-state index is -1.14. The van der Waals surface area contributed by atoms with Gasteiger partial charge in [0.25, 0.3) is 5.91 Å². The van der Waals surface area contributed by atoms with Crippen molar-refractivity contribution in [1.82, 2.24) is 4.90 Å². The number of ether oxygens (including phenoxy) is 3. The number of carbonyl (C=O) groups is 4. The number of carboxylic acids is 1.